The third-order valence-electron chi connectivity index (χ3n) is 3.67. The molecule has 1 fully saturated rings. The van der Waals surface area contributed by atoms with Gasteiger partial charge in [0.05, 0.1) is 12.3 Å². The lowest BCUT2D eigenvalue weighted by Crippen LogP contribution is -2.54. The number of amides is 4. The van der Waals surface area contributed by atoms with Crippen LogP contribution in [0.1, 0.15) is 17.4 Å². The number of hydrogen-bond acceptors (Lipinski definition) is 5. The van der Waals surface area contributed by atoms with Crippen molar-refractivity contribution in [2.75, 3.05) is 11.5 Å². The molecule has 1 aliphatic heterocycles. The summed E-state index contributed by atoms with van der Waals surface area (Å²) in [6, 6.07) is 7.75. The zero-order valence-electron chi connectivity index (χ0n) is 13.7. The number of anilines is 1. The highest BCUT2D eigenvalue weighted by Gasteiger charge is 2.37. The molecule has 2 aromatic rings. The molecule has 4 amide bonds. The molecule has 3 rings (SSSR count). The van der Waals surface area contributed by atoms with Crippen molar-refractivity contribution in [1.29, 1.82) is 0 Å². The van der Waals surface area contributed by atoms with E-state index in [1.807, 2.05) is 25.3 Å². The molecule has 0 aliphatic carbocycles. The fraction of sp³-hybridized carbons (Fsp3) is 0.167. The molecule has 0 bridgehead atoms. The Morgan fingerprint density at radius 3 is 2.72 bits per heavy atom. The van der Waals surface area contributed by atoms with Crippen LogP contribution in [0.2, 0.25) is 0 Å². The van der Waals surface area contributed by atoms with Crippen LogP contribution < -0.4 is 15.0 Å². The van der Waals surface area contributed by atoms with E-state index in [0.717, 1.165) is 15.3 Å². The Kier molecular flexibility index (Phi) is 4.67. The topological polar surface area (TPSA) is 75.7 Å². The van der Waals surface area contributed by atoms with Gasteiger partial charge in [-0.1, -0.05) is 6.07 Å². The average molecular weight is 356 g/mol. The van der Waals surface area contributed by atoms with E-state index in [0.29, 0.717) is 18.0 Å². The second-order valence-corrected chi connectivity index (χ2v) is 6.30. The molecule has 0 saturated carbocycles. The number of hydrogen-bond donors (Lipinski definition) is 1. The van der Waals surface area contributed by atoms with Crippen LogP contribution >= 0.6 is 11.3 Å². The number of nitrogens with one attached hydrogen (secondary N) is 1. The molecule has 1 aliphatic rings. The van der Waals surface area contributed by atoms with Gasteiger partial charge in [-0.15, -0.1) is 11.3 Å². The minimum absolute atomic E-state index is 0.0769. The Morgan fingerprint density at radius 2 is 2.04 bits per heavy atom. The van der Waals surface area contributed by atoms with Crippen molar-refractivity contribution >= 4 is 40.9 Å². The van der Waals surface area contributed by atoms with E-state index in [1.165, 1.54) is 17.4 Å². The molecule has 1 aromatic carbocycles. The zero-order chi connectivity index (χ0) is 18.0. The van der Waals surface area contributed by atoms with Crippen LogP contribution in [0.5, 0.6) is 5.75 Å². The lowest BCUT2D eigenvalue weighted by molar-refractivity contribution is -0.122. The summed E-state index contributed by atoms with van der Waals surface area (Å²) >= 11 is 1.42. The number of benzene rings is 1. The molecule has 2 heterocycles. The van der Waals surface area contributed by atoms with Crippen molar-refractivity contribution in [3.05, 3.63) is 51.7 Å². The summed E-state index contributed by atoms with van der Waals surface area (Å²) in [6.07, 6.45) is 1.52. The maximum absolute atomic E-state index is 12.8. The lowest BCUT2D eigenvalue weighted by Gasteiger charge is -2.26. The summed E-state index contributed by atoms with van der Waals surface area (Å²) in [5, 5.41) is 4.09. The summed E-state index contributed by atoms with van der Waals surface area (Å²) < 4.78 is 5.41. The number of rotatable bonds is 4. The van der Waals surface area contributed by atoms with E-state index in [1.54, 1.807) is 24.3 Å². The van der Waals surface area contributed by atoms with Crippen LogP contribution in [0.15, 0.2) is 41.3 Å². The second kappa shape index (κ2) is 6.90. The van der Waals surface area contributed by atoms with Gasteiger partial charge in [0.25, 0.3) is 11.8 Å². The molecule has 128 valence electrons. The van der Waals surface area contributed by atoms with Gasteiger partial charge in [0, 0.05) is 10.9 Å². The second-order valence-electron chi connectivity index (χ2n) is 5.36. The Hall–Kier alpha value is -2.93. The highest BCUT2D eigenvalue weighted by Crippen LogP contribution is 2.27. The third-order valence-corrected chi connectivity index (χ3v) is 4.63. The Labute approximate surface area is 148 Å². The van der Waals surface area contributed by atoms with Gasteiger partial charge < -0.3 is 4.74 Å². The molecule has 25 heavy (non-hydrogen) atoms. The van der Waals surface area contributed by atoms with E-state index >= 15 is 0 Å². The van der Waals surface area contributed by atoms with Crippen LogP contribution in [-0.4, -0.2) is 24.5 Å². The zero-order valence-corrected chi connectivity index (χ0v) is 14.6. The third kappa shape index (κ3) is 3.32. The van der Waals surface area contributed by atoms with Crippen molar-refractivity contribution in [1.82, 2.24) is 5.32 Å². The van der Waals surface area contributed by atoms with Crippen LogP contribution in [0.4, 0.5) is 10.5 Å². The minimum atomic E-state index is -0.774. The number of ether oxygens (including phenoxy) is 1. The first kappa shape index (κ1) is 16.9. The first-order valence-corrected chi connectivity index (χ1v) is 8.57. The summed E-state index contributed by atoms with van der Waals surface area (Å²) in [6.45, 7) is 4.20. The van der Waals surface area contributed by atoms with Crippen molar-refractivity contribution in [2.24, 2.45) is 0 Å². The number of barbiturate groups is 1. The maximum Gasteiger partial charge on any atom is 0.335 e. The number of thiophene rings is 1. The van der Waals surface area contributed by atoms with Crippen LogP contribution in [0.3, 0.4) is 0 Å². The number of carbonyl (C=O) groups excluding carboxylic acids is 3. The Balaban J connectivity index is 2.00. The van der Waals surface area contributed by atoms with Crippen LogP contribution in [0.25, 0.3) is 6.08 Å². The van der Waals surface area contributed by atoms with E-state index in [2.05, 4.69) is 5.32 Å². The predicted molar refractivity (Wildman–Crippen MR) is 95.7 cm³/mol. The fourth-order valence-corrected chi connectivity index (χ4v) is 3.29. The van der Waals surface area contributed by atoms with Crippen molar-refractivity contribution in [3.63, 3.8) is 0 Å². The molecule has 7 heteroatoms. The van der Waals surface area contributed by atoms with Gasteiger partial charge in [-0.3, -0.25) is 14.9 Å². The quantitative estimate of drug-likeness (QED) is 0.675. The molecular weight excluding hydrogens is 340 g/mol. The maximum atomic E-state index is 12.8. The standard InChI is InChI=1S/C18H16N2O4S/c1-3-24-13-6-4-5-12(9-13)20-17(22)14(16(21)19-18(20)23)10-15-11(2)7-8-25-15/h4-10H,3H2,1-2H3,(H,19,21,23)/b14-10+. The van der Waals surface area contributed by atoms with Gasteiger partial charge in [-0.2, -0.15) is 0 Å². The highest BCUT2D eigenvalue weighted by molar-refractivity contribution is 7.11. The van der Waals surface area contributed by atoms with Gasteiger partial charge in [0.1, 0.15) is 11.3 Å². The first-order valence-electron chi connectivity index (χ1n) is 7.69. The summed E-state index contributed by atoms with van der Waals surface area (Å²) in [5.74, 6) is -0.813. The van der Waals surface area contributed by atoms with E-state index < -0.39 is 17.8 Å². The first-order chi connectivity index (χ1) is 12.0. The van der Waals surface area contributed by atoms with Gasteiger partial charge >= 0.3 is 6.03 Å². The Morgan fingerprint density at radius 1 is 1.24 bits per heavy atom. The van der Waals surface area contributed by atoms with E-state index in [-0.39, 0.29) is 5.57 Å². The van der Waals surface area contributed by atoms with Crippen LogP contribution in [0, 0.1) is 6.92 Å². The van der Waals surface area contributed by atoms with Crippen molar-refractivity contribution in [3.8, 4) is 5.75 Å². The van der Waals surface area contributed by atoms with Crippen molar-refractivity contribution in [2.45, 2.75) is 13.8 Å². The molecule has 1 aromatic heterocycles. The minimum Gasteiger partial charge on any atom is -0.494 e. The SMILES string of the molecule is CCOc1cccc(N2C(=O)NC(=O)/C(=C\c3sccc3C)C2=O)c1. The molecule has 0 atom stereocenters. The number of carbonyl (C=O) groups is 3. The van der Waals surface area contributed by atoms with Gasteiger partial charge in [0.2, 0.25) is 0 Å². The van der Waals surface area contributed by atoms with E-state index in [4.69, 9.17) is 4.74 Å². The van der Waals surface area contributed by atoms with Gasteiger partial charge in [-0.25, -0.2) is 9.69 Å². The molecule has 0 radical (unpaired) electrons. The fourth-order valence-electron chi connectivity index (χ4n) is 2.43. The predicted octanol–water partition coefficient (Wildman–Crippen LogP) is 3.12. The normalized spacial score (nSPS) is 16.3. The van der Waals surface area contributed by atoms with Gasteiger partial charge in [0.15, 0.2) is 0 Å². The monoisotopic (exact) mass is 356 g/mol. The molecule has 6 nitrogen and oxygen atoms in total. The largest absolute Gasteiger partial charge is 0.494 e. The molecule has 0 unspecified atom stereocenters. The molecule has 1 saturated heterocycles. The number of urea groups is 1. The van der Waals surface area contributed by atoms with Gasteiger partial charge in [-0.05, 0) is 49.1 Å². The number of imide groups is 2. The number of nitrogens with zero attached hydrogens (tertiary/aromatic N) is 1. The molecule has 0 spiro atoms. The molecular formula is C18H16N2O4S. The Bertz CT molecular complexity index is 885. The van der Waals surface area contributed by atoms with E-state index in [9.17, 15) is 14.4 Å². The van der Waals surface area contributed by atoms with Crippen LogP contribution in [-0.2, 0) is 9.59 Å². The number of aryl methyl sites for hydroxylation is 1. The van der Waals surface area contributed by atoms with Crippen molar-refractivity contribution < 1.29 is 19.1 Å². The molecule has 1 N–H and O–H groups in total. The summed E-state index contributed by atoms with van der Waals surface area (Å²) in [5.41, 5.74) is 1.22. The highest BCUT2D eigenvalue weighted by atomic mass is 32.1. The average Bonchev–Trinajstić information content (AvgIpc) is 2.97. The summed E-state index contributed by atoms with van der Waals surface area (Å²) in [4.78, 5) is 38.9. The lowest BCUT2D eigenvalue weighted by atomic mass is 10.1. The smallest absolute Gasteiger partial charge is 0.335 e. The summed E-state index contributed by atoms with van der Waals surface area (Å²) in [7, 11) is 0.